The molecule has 2 N–H and O–H groups in total. The molecule has 2 saturated heterocycles. The van der Waals surface area contributed by atoms with Crippen molar-refractivity contribution in [1.29, 1.82) is 0 Å². The van der Waals surface area contributed by atoms with Gasteiger partial charge < -0.3 is 10.2 Å². The average molecular weight is 628 g/mol. The third-order valence-electron chi connectivity index (χ3n) is 8.50. The summed E-state index contributed by atoms with van der Waals surface area (Å²) in [5, 5.41) is 19.5. The van der Waals surface area contributed by atoms with Gasteiger partial charge in [0.05, 0.1) is 23.7 Å². The molecule has 9 nitrogen and oxygen atoms in total. The van der Waals surface area contributed by atoms with Crippen LogP contribution in [0.1, 0.15) is 41.9 Å². The van der Waals surface area contributed by atoms with E-state index >= 15 is 0 Å². The van der Waals surface area contributed by atoms with E-state index in [1.165, 1.54) is 0 Å². The number of phenols is 1. The lowest BCUT2D eigenvalue weighted by atomic mass is 9.56. The number of imide groups is 2. The second kappa shape index (κ2) is 9.06. The molecule has 4 amide bonds. The Morgan fingerprint density at radius 3 is 2.26 bits per heavy atom. The van der Waals surface area contributed by atoms with Gasteiger partial charge in [-0.15, -0.1) is 23.2 Å². The Morgan fingerprint density at radius 1 is 1.05 bits per heavy atom. The number of carboxylic acid groups (broad SMARTS) is 1. The molecule has 12 heteroatoms. The number of benzene rings is 1. The maximum Gasteiger partial charge on any atom is 0.305 e. The van der Waals surface area contributed by atoms with Gasteiger partial charge in [0.1, 0.15) is 5.75 Å². The molecule has 2 heterocycles. The summed E-state index contributed by atoms with van der Waals surface area (Å²) in [7, 11) is 0. The monoisotopic (exact) mass is 626 g/mol. The van der Waals surface area contributed by atoms with Crippen molar-refractivity contribution in [1.82, 2.24) is 9.80 Å². The molecule has 1 aromatic carbocycles. The number of amides is 4. The van der Waals surface area contributed by atoms with E-state index < -0.39 is 63.0 Å². The second-order valence-electron chi connectivity index (χ2n) is 10.5. The molecule has 6 unspecified atom stereocenters. The number of halogens is 3. The van der Waals surface area contributed by atoms with E-state index in [0.29, 0.717) is 22.3 Å². The standard InChI is InChI=1S/C26H25BrCl2N2O7/c1-11-7-13(8-12(2)20(11)34)19-14-3-4-15-18(22(36)30(21(15)35)6-5-17(32)33)16(14)9-25(28)23(37)31(10-27)24(38)26(19,25)29/h3,7-8,15-16,18-19,34H,4-6,9-10H2,1-2H3,(H,32,33). The lowest BCUT2D eigenvalue weighted by Crippen LogP contribution is -2.60. The number of carboxylic acids is 1. The number of nitrogens with zero attached hydrogens (tertiary/aromatic N) is 2. The van der Waals surface area contributed by atoms with E-state index in [2.05, 4.69) is 15.9 Å². The summed E-state index contributed by atoms with van der Waals surface area (Å²) in [6, 6.07) is 3.39. The normalized spacial score (nSPS) is 34.3. The van der Waals surface area contributed by atoms with Crippen molar-refractivity contribution in [2.75, 3.05) is 12.0 Å². The van der Waals surface area contributed by atoms with Crippen LogP contribution in [0.4, 0.5) is 0 Å². The van der Waals surface area contributed by atoms with Gasteiger partial charge in [-0.25, -0.2) is 0 Å². The highest BCUT2D eigenvalue weighted by molar-refractivity contribution is 9.09. The van der Waals surface area contributed by atoms with Crippen LogP contribution in [0, 0.1) is 31.6 Å². The molecule has 38 heavy (non-hydrogen) atoms. The summed E-state index contributed by atoms with van der Waals surface area (Å²) in [6.07, 6.45) is 1.49. The third-order valence-corrected chi connectivity index (χ3v) is 10.4. The molecule has 2 aliphatic heterocycles. The fourth-order valence-electron chi connectivity index (χ4n) is 6.78. The van der Waals surface area contributed by atoms with Gasteiger partial charge >= 0.3 is 5.97 Å². The predicted molar refractivity (Wildman–Crippen MR) is 140 cm³/mol. The SMILES string of the molecule is Cc1cc(C2C3=CCC4C(=O)N(CCC(=O)O)C(=O)C4C3CC3(Cl)C(=O)N(CBr)C(=O)C23Cl)cc(C)c1O. The van der Waals surface area contributed by atoms with Crippen molar-refractivity contribution < 1.29 is 34.2 Å². The third kappa shape index (κ3) is 3.45. The van der Waals surface area contributed by atoms with Crippen LogP contribution in [-0.2, 0) is 24.0 Å². The number of aryl methyl sites for hydroxylation is 2. The number of aliphatic carboxylic acids is 1. The van der Waals surface area contributed by atoms with Crippen molar-refractivity contribution >= 4 is 68.7 Å². The van der Waals surface area contributed by atoms with Crippen molar-refractivity contribution in [2.24, 2.45) is 17.8 Å². The number of alkyl halides is 3. The van der Waals surface area contributed by atoms with Crippen molar-refractivity contribution in [3.05, 3.63) is 40.5 Å². The second-order valence-corrected chi connectivity index (χ2v) is 12.2. The number of allylic oxidation sites excluding steroid dienone is 2. The average Bonchev–Trinajstić information content (AvgIpc) is 3.18. The fourth-order valence-corrected chi connectivity index (χ4v) is 8.20. The van der Waals surface area contributed by atoms with Crippen molar-refractivity contribution in [3.8, 4) is 5.75 Å². The Morgan fingerprint density at radius 2 is 1.68 bits per heavy atom. The van der Waals surface area contributed by atoms with Crippen LogP contribution in [0.3, 0.4) is 0 Å². The van der Waals surface area contributed by atoms with Crippen LogP contribution in [0.25, 0.3) is 0 Å². The van der Waals surface area contributed by atoms with E-state index in [1.807, 2.05) is 6.08 Å². The summed E-state index contributed by atoms with van der Waals surface area (Å²) in [4.78, 5) is 63.3. The Hall–Kier alpha value is -2.43. The molecule has 0 bridgehead atoms. The lowest BCUT2D eigenvalue weighted by molar-refractivity contribution is -0.143. The lowest BCUT2D eigenvalue weighted by Gasteiger charge is -2.51. The number of aromatic hydroxyl groups is 1. The first-order chi connectivity index (χ1) is 17.8. The highest BCUT2D eigenvalue weighted by Gasteiger charge is 2.76. The molecule has 1 aromatic rings. The smallest absolute Gasteiger partial charge is 0.305 e. The molecule has 1 saturated carbocycles. The number of hydrogen-bond donors (Lipinski definition) is 2. The Bertz CT molecular complexity index is 1330. The number of hydrogen-bond acceptors (Lipinski definition) is 6. The van der Waals surface area contributed by atoms with Crippen LogP contribution >= 0.6 is 39.1 Å². The molecule has 3 fully saturated rings. The first-order valence-electron chi connectivity index (χ1n) is 12.2. The number of fused-ring (bicyclic) bond motifs is 4. The largest absolute Gasteiger partial charge is 0.507 e. The number of rotatable bonds is 5. The Labute approximate surface area is 236 Å². The zero-order chi connectivity index (χ0) is 27.9. The quantitative estimate of drug-likeness (QED) is 0.222. The maximum atomic E-state index is 13.7. The van der Waals surface area contributed by atoms with Gasteiger partial charge in [-0.3, -0.25) is 33.8 Å². The van der Waals surface area contributed by atoms with Gasteiger partial charge in [-0.05, 0) is 49.3 Å². The van der Waals surface area contributed by atoms with Gasteiger partial charge in [0.25, 0.3) is 11.8 Å². The maximum absolute atomic E-state index is 13.7. The van der Waals surface area contributed by atoms with Crippen LogP contribution in [0.15, 0.2) is 23.8 Å². The van der Waals surface area contributed by atoms with Gasteiger partial charge in [0.15, 0.2) is 9.75 Å². The molecule has 202 valence electrons. The summed E-state index contributed by atoms with van der Waals surface area (Å²) >= 11 is 17.5. The van der Waals surface area contributed by atoms with Gasteiger partial charge in [-0.2, -0.15) is 0 Å². The van der Waals surface area contributed by atoms with Crippen molar-refractivity contribution in [2.45, 2.75) is 48.8 Å². The minimum atomic E-state index is -1.92. The van der Waals surface area contributed by atoms with Crippen LogP contribution in [0.5, 0.6) is 5.75 Å². The topological polar surface area (TPSA) is 132 Å². The Balaban J connectivity index is 1.69. The summed E-state index contributed by atoms with van der Waals surface area (Å²) in [5.41, 5.74) is 2.16. The van der Waals surface area contributed by atoms with Crippen LogP contribution < -0.4 is 0 Å². The molecule has 0 spiro atoms. The highest BCUT2D eigenvalue weighted by atomic mass is 79.9. The molecule has 5 rings (SSSR count). The number of carbonyl (C=O) groups is 5. The molecular formula is C26H25BrCl2N2O7. The van der Waals surface area contributed by atoms with E-state index in [1.54, 1.807) is 26.0 Å². The summed E-state index contributed by atoms with van der Waals surface area (Å²) in [6.45, 7) is 3.17. The summed E-state index contributed by atoms with van der Waals surface area (Å²) in [5.74, 6) is -6.56. The van der Waals surface area contributed by atoms with E-state index in [-0.39, 0.29) is 37.0 Å². The van der Waals surface area contributed by atoms with E-state index in [0.717, 1.165) is 9.80 Å². The molecule has 4 aliphatic rings. The molecule has 2 aliphatic carbocycles. The van der Waals surface area contributed by atoms with Gasteiger partial charge in [0, 0.05) is 12.5 Å². The minimum absolute atomic E-state index is 0.0844. The zero-order valence-corrected chi connectivity index (χ0v) is 23.6. The van der Waals surface area contributed by atoms with E-state index in [4.69, 9.17) is 28.3 Å². The molecule has 6 atom stereocenters. The van der Waals surface area contributed by atoms with Crippen LogP contribution in [0.2, 0.25) is 0 Å². The molecule has 0 radical (unpaired) electrons. The van der Waals surface area contributed by atoms with E-state index in [9.17, 15) is 29.1 Å². The van der Waals surface area contributed by atoms with Gasteiger partial charge in [0.2, 0.25) is 11.8 Å². The highest BCUT2D eigenvalue weighted by Crippen LogP contribution is 2.65. The van der Waals surface area contributed by atoms with Gasteiger partial charge in [-0.1, -0.05) is 39.7 Å². The Kier molecular flexibility index (Phi) is 6.47. The number of phenolic OH excluding ortho intramolecular Hbond substituents is 1. The molecular weight excluding hydrogens is 603 g/mol. The minimum Gasteiger partial charge on any atom is -0.507 e. The first-order valence-corrected chi connectivity index (χ1v) is 14.0. The van der Waals surface area contributed by atoms with Crippen molar-refractivity contribution in [3.63, 3.8) is 0 Å². The number of carbonyl (C=O) groups excluding carboxylic acids is 4. The number of likely N-dealkylation sites (tertiary alicyclic amines) is 2. The predicted octanol–water partition coefficient (Wildman–Crippen LogP) is 3.19. The fraction of sp³-hybridized carbons (Fsp3) is 0.500. The summed E-state index contributed by atoms with van der Waals surface area (Å²) < 4.78 is 0. The first kappa shape index (κ1) is 27.1. The molecule has 0 aromatic heterocycles. The van der Waals surface area contributed by atoms with Crippen LogP contribution in [-0.4, -0.2) is 71.4 Å². The zero-order valence-electron chi connectivity index (χ0n) is 20.5.